The molecule has 0 saturated carbocycles. The Balaban J connectivity index is 2.49. The third kappa shape index (κ3) is 1.65. The summed E-state index contributed by atoms with van der Waals surface area (Å²) in [7, 11) is 0. The monoisotopic (exact) mass is 178 g/mol. The van der Waals surface area contributed by atoms with Crippen molar-refractivity contribution in [2.45, 2.75) is 0 Å². The second-order valence-corrected chi connectivity index (χ2v) is 2.97. The van der Waals surface area contributed by atoms with E-state index in [1.165, 1.54) is 0 Å². The van der Waals surface area contributed by atoms with Crippen molar-refractivity contribution in [3.8, 4) is 17.2 Å². The molecule has 0 fully saturated rings. The lowest BCUT2D eigenvalue weighted by molar-refractivity contribution is 1.48. The lowest BCUT2D eigenvalue weighted by Crippen LogP contribution is -1.79. The van der Waals surface area contributed by atoms with Crippen molar-refractivity contribution in [3.63, 3.8) is 0 Å². The molecule has 0 saturated heterocycles. The summed E-state index contributed by atoms with van der Waals surface area (Å²) < 4.78 is 0. The fourth-order valence-corrected chi connectivity index (χ4v) is 1.34. The van der Waals surface area contributed by atoms with Gasteiger partial charge in [0.2, 0.25) is 0 Å². The molecule has 0 bridgehead atoms. The molecule has 2 aromatic rings. The summed E-state index contributed by atoms with van der Waals surface area (Å²) in [5, 5.41) is 8.73. The highest BCUT2D eigenvalue weighted by molar-refractivity contribution is 5.64. The fourth-order valence-electron chi connectivity index (χ4n) is 1.34. The Bertz CT molecular complexity index is 466. The second-order valence-electron chi connectivity index (χ2n) is 2.97. The fraction of sp³-hybridized carbons (Fsp3) is 0. The topological polar surface area (TPSA) is 23.8 Å². The molecule has 2 aromatic carbocycles. The van der Waals surface area contributed by atoms with Gasteiger partial charge in [-0.15, -0.1) is 0 Å². The van der Waals surface area contributed by atoms with E-state index < -0.39 is 0 Å². The van der Waals surface area contributed by atoms with Crippen LogP contribution >= 0.6 is 0 Å². The Morgan fingerprint density at radius 3 is 2.50 bits per heavy atom. The van der Waals surface area contributed by atoms with Crippen LogP contribution in [-0.4, -0.2) is 0 Å². The van der Waals surface area contributed by atoms with Crippen molar-refractivity contribution in [2.75, 3.05) is 0 Å². The smallest absolute Gasteiger partial charge is 0.0998 e. The van der Waals surface area contributed by atoms with Gasteiger partial charge in [-0.3, -0.25) is 0 Å². The second kappa shape index (κ2) is 3.76. The molecule has 0 heterocycles. The van der Waals surface area contributed by atoms with E-state index in [4.69, 9.17) is 5.26 Å². The Morgan fingerprint density at radius 1 is 1.00 bits per heavy atom. The first-order valence-corrected chi connectivity index (χ1v) is 4.37. The molecule has 0 spiro atoms. The molecule has 0 amide bonds. The molecule has 0 atom stereocenters. The summed E-state index contributed by atoms with van der Waals surface area (Å²) >= 11 is 0. The Hall–Kier alpha value is -2.07. The Morgan fingerprint density at radius 2 is 1.79 bits per heavy atom. The molecule has 14 heavy (non-hydrogen) atoms. The van der Waals surface area contributed by atoms with E-state index in [9.17, 15) is 0 Å². The van der Waals surface area contributed by atoms with Gasteiger partial charge >= 0.3 is 0 Å². The molecular formula is C13H8N. The highest BCUT2D eigenvalue weighted by atomic mass is 14.2. The molecule has 0 unspecified atom stereocenters. The van der Waals surface area contributed by atoms with Crippen LogP contribution in [-0.2, 0) is 0 Å². The lowest BCUT2D eigenvalue weighted by atomic mass is 10.0. The van der Waals surface area contributed by atoms with E-state index >= 15 is 0 Å². The quantitative estimate of drug-likeness (QED) is 0.658. The van der Waals surface area contributed by atoms with Gasteiger partial charge in [-0.25, -0.2) is 0 Å². The van der Waals surface area contributed by atoms with Gasteiger partial charge in [0.05, 0.1) is 11.6 Å². The summed E-state index contributed by atoms with van der Waals surface area (Å²) in [6.07, 6.45) is 0. The minimum atomic E-state index is 0.575. The van der Waals surface area contributed by atoms with Crippen molar-refractivity contribution < 1.29 is 0 Å². The lowest BCUT2D eigenvalue weighted by Gasteiger charge is -2.00. The maximum Gasteiger partial charge on any atom is 0.0998 e. The average molecular weight is 178 g/mol. The number of nitriles is 1. The maximum atomic E-state index is 8.73. The van der Waals surface area contributed by atoms with Gasteiger partial charge < -0.3 is 0 Å². The largest absolute Gasteiger partial charge is 0.192 e. The summed E-state index contributed by atoms with van der Waals surface area (Å²) in [5.41, 5.74) is 2.75. The van der Waals surface area contributed by atoms with Gasteiger partial charge in [-0.05, 0) is 17.2 Å². The van der Waals surface area contributed by atoms with E-state index in [1.54, 1.807) is 6.07 Å². The molecule has 1 heteroatoms. The van der Waals surface area contributed by atoms with Gasteiger partial charge in [0.1, 0.15) is 0 Å². The van der Waals surface area contributed by atoms with Crippen LogP contribution in [0, 0.1) is 17.4 Å². The van der Waals surface area contributed by atoms with E-state index in [0.29, 0.717) is 5.56 Å². The third-order valence-corrected chi connectivity index (χ3v) is 2.03. The predicted octanol–water partition coefficient (Wildman–Crippen LogP) is 3.03. The summed E-state index contributed by atoms with van der Waals surface area (Å²) in [6, 6.07) is 20.5. The first kappa shape index (κ1) is 8.52. The molecule has 2 rings (SSSR count). The minimum absolute atomic E-state index is 0.575. The van der Waals surface area contributed by atoms with Gasteiger partial charge in [0.15, 0.2) is 0 Å². The van der Waals surface area contributed by atoms with Crippen LogP contribution in [0.2, 0.25) is 0 Å². The molecule has 0 aromatic heterocycles. The van der Waals surface area contributed by atoms with Crippen molar-refractivity contribution >= 4 is 0 Å². The van der Waals surface area contributed by atoms with Gasteiger partial charge in [0.25, 0.3) is 0 Å². The molecule has 1 radical (unpaired) electrons. The van der Waals surface area contributed by atoms with Crippen molar-refractivity contribution in [1.82, 2.24) is 0 Å². The molecule has 0 aliphatic heterocycles. The molecule has 0 N–H and O–H groups in total. The summed E-state index contributed by atoms with van der Waals surface area (Å²) in [5.74, 6) is 0. The van der Waals surface area contributed by atoms with Crippen molar-refractivity contribution in [3.05, 3.63) is 60.2 Å². The maximum absolute atomic E-state index is 8.73. The third-order valence-electron chi connectivity index (χ3n) is 2.03. The van der Waals surface area contributed by atoms with Crippen LogP contribution in [0.1, 0.15) is 5.56 Å². The first-order valence-electron chi connectivity index (χ1n) is 4.37. The number of hydrogen-bond donors (Lipinski definition) is 0. The predicted molar refractivity (Wildman–Crippen MR) is 55.4 cm³/mol. The zero-order valence-corrected chi connectivity index (χ0v) is 7.57. The zero-order chi connectivity index (χ0) is 9.80. The first-order chi connectivity index (χ1) is 6.90. The normalized spacial score (nSPS) is 9.36. The number of hydrogen-bond acceptors (Lipinski definition) is 1. The zero-order valence-electron chi connectivity index (χ0n) is 7.57. The Labute approximate surface area is 83.2 Å². The van der Waals surface area contributed by atoms with Crippen LogP contribution in [0.3, 0.4) is 0 Å². The molecule has 0 aliphatic rings. The SMILES string of the molecule is N#Cc1[c]ccc(-c2ccccc2)c1. The summed E-state index contributed by atoms with van der Waals surface area (Å²) in [4.78, 5) is 0. The van der Waals surface area contributed by atoms with Crippen molar-refractivity contribution in [2.24, 2.45) is 0 Å². The van der Waals surface area contributed by atoms with Gasteiger partial charge in [-0.2, -0.15) is 5.26 Å². The standard InChI is InChI=1S/C13H8N/c14-10-11-5-4-8-13(9-11)12-6-2-1-3-7-12/h1-4,6-9H. The van der Waals surface area contributed by atoms with Crippen LogP contribution in [0.4, 0.5) is 0 Å². The Kier molecular flexibility index (Phi) is 2.29. The number of benzene rings is 2. The van der Waals surface area contributed by atoms with Crippen LogP contribution < -0.4 is 0 Å². The average Bonchev–Trinajstić information content (AvgIpc) is 2.30. The molecule has 0 aliphatic carbocycles. The molecular weight excluding hydrogens is 170 g/mol. The van der Waals surface area contributed by atoms with Crippen LogP contribution in [0.15, 0.2) is 48.5 Å². The number of rotatable bonds is 1. The summed E-state index contributed by atoms with van der Waals surface area (Å²) in [6.45, 7) is 0. The van der Waals surface area contributed by atoms with Crippen molar-refractivity contribution in [1.29, 1.82) is 5.26 Å². The van der Waals surface area contributed by atoms with E-state index in [2.05, 4.69) is 12.1 Å². The highest BCUT2D eigenvalue weighted by Crippen LogP contribution is 2.19. The van der Waals surface area contributed by atoms with E-state index in [0.717, 1.165) is 11.1 Å². The minimum Gasteiger partial charge on any atom is -0.192 e. The van der Waals surface area contributed by atoms with E-state index in [1.807, 2.05) is 42.5 Å². The van der Waals surface area contributed by atoms with E-state index in [-0.39, 0.29) is 0 Å². The van der Waals surface area contributed by atoms with Crippen LogP contribution in [0.5, 0.6) is 0 Å². The van der Waals surface area contributed by atoms with Gasteiger partial charge in [-0.1, -0.05) is 42.5 Å². The molecule has 65 valence electrons. The van der Waals surface area contributed by atoms with Crippen LogP contribution in [0.25, 0.3) is 11.1 Å². The molecule has 1 nitrogen and oxygen atoms in total. The number of nitrogens with zero attached hydrogens (tertiary/aromatic N) is 1. The highest BCUT2D eigenvalue weighted by Gasteiger charge is 1.97. The van der Waals surface area contributed by atoms with Gasteiger partial charge in [0, 0.05) is 6.07 Å².